The molecule has 1 unspecified atom stereocenters. The van der Waals surface area contributed by atoms with Crippen molar-refractivity contribution in [1.29, 1.82) is 0 Å². The van der Waals surface area contributed by atoms with Gasteiger partial charge < -0.3 is 44.8 Å². The van der Waals surface area contributed by atoms with Crippen LogP contribution in [0.5, 0.6) is 17.2 Å². The zero-order chi connectivity index (χ0) is 23.2. The number of hydrogen-bond donors (Lipinski definition) is 3. The first kappa shape index (κ1) is 25.5. The van der Waals surface area contributed by atoms with Crippen LogP contribution in [0.4, 0.5) is 0 Å². The van der Waals surface area contributed by atoms with Gasteiger partial charge in [-0.2, -0.15) is 0 Å². The molecule has 1 atom stereocenters. The van der Waals surface area contributed by atoms with Crippen LogP contribution in [0, 0.1) is 0 Å². The van der Waals surface area contributed by atoms with E-state index < -0.39 is 18.0 Å². The highest BCUT2D eigenvalue weighted by Gasteiger charge is 2.11. The number of para-hydroxylation sites is 1. The van der Waals surface area contributed by atoms with Gasteiger partial charge >= 0.3 is 0 Å². The van der Waals surface area contributed by atoms with Crippen molar-refractivity contribution in [3.8, 4) is 17.2 Å². The van der Waals surface area contributed by atoms with E-state index in [1.54, 1.807) is 38.5 Å². The zero-order valence-electron chi connectivity index (χ0n) is 17.2. The fraction of sp³-hybridized carbons (Fsp3) is 0.273. The molecule has 3 N–H and O–H groups in total. The van der Waals surface area contributed by atoms with E-state index in [0.717, 1.165) is 12.0 Å². The van der Waals surface area contributed by atoms with Crippen LogP contribution < -0.4 is 25.0 Å². The van der Waals surface area contributed by atoms with Crippen LogP contribution in [0.25, 0.3) is 0 Å². The lowest BCUT2D eigenvalue weighted by molar-refractivity contribution is -0.301. The third-order valence-electron chi connectivity index (χ3n) is 4.03. The second-order valence-electron chi connectivity index (χ2n) is 6.19. The van der Waals surface area contributed by atoms with Crippen molar-refractivity contribution in [2.24, 2.45) is 0 Å². The van der Waals surface area contributed by atoms with E-state index in [2.05, 4.69) is 5.32 Å². The van der Waals surface area contributed by atoms with Gasteiger partial charge in [-0.3, -0.25) is 0 Å². The van der Waals surface area contributed by atoms with Crippen molar-refractivity contribution >= 4 is 11.9 Å². The summed E-state index contributed by atoms with van der Waals surface area (Å²) in [6.07, 6.45) is 0.833. The Labute approximate surface area is 180 Å². The van der Waals surface area contributed by atoms with Crippen LogP contribution in [0.15, 0.2) is 54.6 Å². The fourth-order valence-corrected chi connectivity index (χ4v) is 2.52. The number of aliphatic carboxylic acids is 2. The molecule has 0 fully saturated rings. The van der Waals surface area contributed by atoms with E-state index in [0.29, 0.717) is 42.3 Å². The Morgan fingerprint density at radius 2 is 1.65 bits per heavy atom. The van der Waals surface area contributed by atoms with Gasteiger partial charge in [-0.25, -0.2) is 0 Å². The normalized spacial score (nSPS) is 11.3. The molecule has 0 aliphatic rings. The Kier molecular flexibility index (Phi) is 11.2. The van der Waals surface area contributed by atoms with Gasteiger partial charge in [0.25, 0.3) is 0 Å². The Morgan fingerprint density at radius 3 is 2.19 bits per heavy atom. The molecule has 2 rings (SSSR count). The molecule has 0 aliphatic heterocycles. The first-order valence-corrected chi connectivity index (χ1v) is 9.26. The van der Waals surface area contributed by atoms with Gasteiger partial charge in [0.15, 0.2) is 11.5 Å². The van der Waals surface area contributed by atoms with Gasteiger partial charge in [-0.1, -0.05) is 24.3 Å². The molecule has 0 aliphatic carbocycles. The van der Waals surface area contributed by atoms with Crippen LogP contribution in [-0.2, 0) is 16.0 Å². The molecular formula is C22H25NO8-2. The van der Waals surface area contributed by atoms with Crippen molar-refractivity contribution in [3.63, 3.8) is 0 Å². The van der Waals surface area contributed by atoms with Gasteiger partial charge in [0.1, 0.15) is 5.75 Å². The van der Waals surface area contributed by atoms with Gasteiger partial charge in [-0.05, 0) is 48.9 Å². The summed E-state index contributed by atoms with van der Waals surface area (Å²) in [5.41, 5.74) is 1.65. The third-order valence-corrected chi connectivity index (χ3v) is 4.03. The molecule has 2 aromatic rings. The maximum absolute atomic E-state index is 10.1. The van der Waals surface area contributed by atoms with Crippen molar-refractivity contribution in [1.82, 2.24) is 5.32 Å². The first-order chi connectivity index (χ1) is 14.8. The van der Waals surface area contributed by atoms with Crippen LogP contribution in [-0.4, -0.2) is 49.5 Å². The van der Waals surface area contributed by atoms with Crippen LogP contribution in [0.2, 0.25) is 0 Å². The number of phenolic OH excluding ortho intramolecular Hbond substituents is 1. The van der Waals surface area contributed by atoms with Crippen molar-refractivity contribution < 1.29 is 39.5 Å². The van der Waals surface area contributed by atoms with E-state index in [4.69, 9.17) is 9.47 Å². The number of methoxy groups -OCH3 is 2. The number of aromatic hydroxyl groups is 1. The summed E-state index contributed by atoms with van der Waals surface area (Å²) >= 11 is 0. The second kappa shape index (κ2) is 13.6. The van der Waals surface area contributed by atoms with Gasteiger partial charge in [0.2, 0.25) is 0 Å². The summed E-state index contributed by atoms with van der Waals surface area (Å²) < 4.78 is 10.5. The van der Waals surface area contributed by atoms with Crippen LogP contribution in [0.3, 0.4) is 0 Å². The number of carboxylic acid groups (broad SMARTS) is 2. The smallest absolute Gasteiger partial charge is 0.160 e. The number of aliphatic hydroxyl groups is 1. The Bertz CT molecular complexity index is 866. The van der Waals surface area contributed by atoms with E-state index >= 15 is 0 Å². The number of rotatable bonds is 10. The van der Waals surface area contributed by atoms with Gasteiger partial charge in [-0.15, -0.1) is 0 Å². The molecule has 31 heavy (non-hydrogen) atoms. The molecule has 9 heteroatoms. The molecule has 0 aromatic heterocycles. The summed E-state index contributed by atoms with van der Waals surface area (Å²) in [5.74, 6) is -1.57. The molecule has 0 heterocycles. The molecule has 0 bridgehead atoms. The number of carboxylic acids is 2. The summed E-state index contributed by atoms with van der Waals surface area (Å²) in [7, 11) is 3.22. The number of nitrogens with one attached hydrogen (secondary N) is 1. The molecule has 168 valence electrons. The molecule has 0 spiro atoms. The van der Waals surface area contributed by atoms with Crippen molar-refractivity contribution in [2.45, 2.75) is 12.5 Å². The van der Waals surface area contributed by atoms with E-state index in [-0.39, 0.29) is 5.75 Å². The molecule has 0 amide bonds. The summed E-state index contributed by atoms with van der Waals surface area (Å²) in [4.78, 5) is 18.8. The molecule has 0 radical (unpaired) electrons. The topological polar surface area (TPSA) is 151 Å². The highest BCUT2D eigenvalue weighted by atomic mass is 16.5. The Morgan fingerprint density at radius 1 is 1.03 bits per heavy atom. The monoisotopic (exact) mass is 431 g/mol. The maximum atomic E-state index is 10.1. The third kappa shape index (κ3) is 9.66. The number of ether oxygens (including phenoxy) is 2. The number of aliphatic hydroxyl groups excluding tert-OH is 1. The van der Waals surface area contributed by atoms with Gasteiger partial charge in [0.05, 0.1) is 32.3 Å². The van der Waals surface area contributed by atoms with E-state index in [1.807, 2.05) is 18.2 Å². The number of carbonyl (C=O) groups excluding carboxylic acids is 2. The largest absolute Gasteiger partial charge is 0.545 e. The van der Waals surface area contributed by atoms with E-state index in [1.165, 1.54) is 0 Å². The van der Waals surface area contributed by atoms with Crippen molar-refractivity contribution in [2.75, 3.05) is 27.3 Å². The van der Waals surface area contributed by atoms with Crippen molar-refractivity contribution in [3.05, 3.63) is 65.7 Å². The maximum Gasteiger partial charge on any atom is 0.160 e. The van der Waals surface area contributed by atoms with Crippen LogP contribution >= 0.6 is 0 Å². The standard InChI is InChI=1S/C18H23NO4.C4H4O4/c1-22-17-8-7-13(11-18(17)23-2)9-10-19-12-16(21)14-5-3-4-6-15(14)20;5-3(6)1-2-4(7)8/h3-8,11,16,19-21H,9-10,12H2,1-2H3;1-2H,(H,5,6)(H,7,8)/p-2/b;2-1+. The average Bonchev–Trinajstić information content (AvgIpc) is 2.75. The molecular weight excluding hydrogens is 406 g/mol. The minimum Gasteiger partial charge on any atom is -0.545 e. The van der Waals surface area contributed by atoms with E-state index in [9.17, 15) is 30.0 Å². The second-order valence-corrected chi connectivity index (χ2v) is 6.19. The molecule has 0 saturated carbocycles. The first-order valence-electron chi connectivity index (χ1n) is 9.26. The number of hydrogen-bond acceptors (Lipinski definition) is 9. The predicted octanol–water partition coefficient (Wildman–Crippen LogP) is -0.682. The lowest BCUT2D eigenvalue weighted by Crippen LogP contribution is -2.23. The number of carbonyl (C=O) groups is 2. The number of phenols is 1. The Balaban J connectivity index is 0.000000512. The molecule has 0 saturated heterocycles. The lowest BCUT2D eigenvalue weighted by Gasteiger charge is -2.14. The number of benzene rings is 2. The summed E-state index contributed by atoms with van der Waals surface area (Å²) in [5, 5.41) is 41.8. The summed E-state index contributed by atoms with van der Waals surface area (Å²) in [6.45, 7) is 1.09. The minimum atomic E-state index is -1.55. The lowest BCUT2D eigenvalue weighted by atomic mass is 10.1. The SMILES string of the molecule is COc1ccc(CCNCC(O)c2ccccc2O)cc1OC.O=C([O-])/C=C/C(=O)[O-]. The Hall–Kier alpha value is -3.56. The quantitative estimate of drug-likeness (QED) is 0.328. The van der Waals surface area contributed by atoms with Crippen LogP contribution in [0.1, 0.15) is 17.2 Å². The zero-order valence-corrected chi connectivity index (χ0v) is 17.2. The minimum absolute atomic E-state index is 0.113. The highest BCUT2D eigenvalue weighted by Crippen LogP contribution is 2.27. The predicted molar refractivity (Wildman–Crippen MR) is 108 cm³/mol. The molecule has 2 aromatic carbocycles. The summed E-state index contributed by atoms with van der Waals surface area (Å²) in [6, 6.07) is 12.6. The fourth-order valence-electron chi connectivity index (χ4n) is 2.52. The van der Waals surface area contributed by atoms with Gasteiger partial charge in [0, 0.05) is 12.1 Å². The highest BCUT2D eigenvalue weighted by molar-refractivity contribution is 5.87. The molecule has 9 nitrogen and oxygen atoms in total. The average molecular weight is 431 g/mol.